The van der Waals surface area contributed by atoms with Crippen molar-refractivity contribution in [3.63, 3.8) is 0 Å². The molecule has 0 radical (unpaired) electrons. The van der Waals surface area contributed by atoms with Crippen LogP contribution >= 0.6 is 11.3 Å². The van der Waals surface area contributed by atoms with E-state index in [0.29, 0.717) is 16.3 Å². The lowest BCUT2D eigenvalue weighted by molar-refractivity contribution is -0.174. The van der Waals surface area contributed by atoms with Crippen LogP contribution in [0.3, 0.4) is 0 Å². The van der Waals surface area contributed by atoms with Crippen molar-refractivity contribution in [1.82, 2.24) is 9.78 Å². The van der Waals surface area contributed by atoms with Crippen molar-refractivity contribution in [3.8, 4) is 6.07 Å². The van der Waals surface area contributed by atoms with E-state index in [1.807, 2.05) is 0 Å². The van der Waals surface area contributed by atoms with E-state index in [1.54, 1.807) is 12.1 Å². The summed E-state index contributed by atoms with van der Waals surface area (Å²) in [4.78, 5) is 13.8. The Morgan fingerprint density at radius 2 is 2.26 bits per heavy atom. The number of halogens is 3. The zero-order valence-corrected chi connectivity index (χ0v) is 16.8. The summed E-state index contributed by atoms with van der Waals surface area (Å²) < 4.78 is 47.3. The van der Waals surface area contributed by atoms with Crippen LogP contribution < -0.4 is 10.6 Å². The zero-order chi connectivity index (χ0) is 21.8. The molecule has 1 amide bonds. The Bertz CT molecular complexity index is 1190. The molecule has 2 aliphatic rings. The molecule has 0 bridgehead atoms. The van der Waals surface area contributed by atoms with Crippen molar-refractivity contribution in [1.29, 1.82) is 5.26 Å². The van der Waals surface area contributed by atoms with Crippen molar-refractivity contribution in [2.45, 2.75) is 43.9 Å². The molecule has 0 fully saturated rings. The lowest BCUT2D eigenvalue weighted by atomic mass is 10.0. The molecule has 0 aromatic carbocycles. The molecule has 31 heavy (non-hydrogen) atoms. The topological polar surface area (TPSA) is 95.9 Å². The van der Waals surface area contributed by atoms with E-state index < -0.39 is 24.2 Å². The summed E-state index contributed by atoms with van der Waals surface area (Å²) in [6.07, 6.45) is -0.856. The normalized spacial score (nSPS) is 19.9. The smallest absolute Gasteiger partial charge is 0.410 e. The number of hydrogen-bond donors (Lipinski definition) is 2. The Morgan fingerprint density at radius 1 is 1.42 bits per heavy atom. The van der Waals surface area contributed by atoms with Gasteiger partial charge in [-0.25, -0.2) is 4.68 Å². The largest absolute Gasteiger partial charge is 0.467 e. The van der Waals surface area contributed by atoms with Crippen molar-refractivity contribution in [3.05, 3.63) is 51.9 Å². The highest BCUT2D eigenvalue weighted by molar-refractivity contribution is 7.16. The molecule has 1 aliphatic heterocycles. The van der Waals surface area contributed by atoms with E-state index >= 15 is 0 Å². The van der Waals surface area contributed by atoms with E-state index in [1.165, 1.54) is 23.7 Å². The maximum absolute atomic E-state index is 13.7. The number of alkyl halides is 3. The van der Waals surface area contributed by atoms with Crippen molar-refractivity contribution >= 4 is 28.1 Å². The Morgan fingerprint density at radius 3 is 2.97 bits per heavy atom. The van der Waals surface area contributed by atoms with Crippen molar-refractivity contribution < 1.29 is 22.4 Å². The first-order chi connectivity index (χ1) is 14.8. The number of anilines is 2. The fraction of sp³-hybridized carbons (Fsp3) is 0.350. The van der Waals surface area contributed by atoms with Crippen LogP contribution in [0.1, 0.15) is 57.2 Å². The van der Waals surface area contributed by atoms with Crippen LogP contribution in [-0.4, -0.2) is 21.9 Å². The highest BCUT2D eigenvalue weighted by atomic mass is 32.1. The number of aromatic nitrogens is 2. The summed E-state index contributed by atoms with van der Waals surface area (Å²) in [5.74, 6) is -0.204. The first-order valence-corrected chi connectivity index (χ1v) is 10.5. The van der Waals surface area contributed by atoms with Gasteiger partial charge in [0.1, 0.15) is 22.6 Å². The lowest BCUT2D eigenvalue weighted by Crippen LogP contribution is -2.35. The SMILES string of the molecule is N#Cc1c(NC(=O)c2cc3n(n2)C(C(F)(F)F)CC(c2ccco2)N3)sc2c1CCC2. The van der Waals surface area contributed by atoms with Gasteiger partial charge >= 0.3 is 6.18 Å². The predicted octanol–water partition coefficient (Wildman–Crippen LogP) is 4.81. The molecule has 7 nitrogen and oxygen atoms in total. The molecular weight excluding hydrogens is 431 g/mol. The first-order valence-electron chi connectivity index (χ1n) is 9.67. The maximum Gasteiger partial charge on any atom is 0.410 e. The molecule has 4 heterocycles. The Labute approximate surface area is 178 Å². The number of fused-ring (bicyclic) bond motifs is 2. The van der Waals surface area contributed by atoms with Gasteiger partial charge in [-0.3, -0.25) is 4.79 Å². The van der Waals surface area contributed by atoms with Crippen molar-refractivity contribution in [2.24, 2.45) is 0 Å². The van der Waals surface area contributed by atoms with Gasteiger partial charge in [0.15, 0.2) is 11.7 Å². The monoisotopic (exact) mass is 447 g/mol. The molecule has 2 unspecified atom stereocenters. The number of amides is 1. The number of furan rings is 1. The highest BCUT2D eigenvalue weighted by Crippen LogP contribution is 2.44. The number of thiophene rings is 1. The summed E-state index contributed by atoms with van der Waals surface area (Å²) in [6.45, 7) is 0. The van der Waals surface area contributed by atoms with Gasteiger partial charge in [-0.15, -0.1) is 11.3 Å². The van der Waals surface area contributed by atoms with E-state index in [9.17, 15) is 23.2 Å². The molecule has 3 aromatic rings. The summed E-state index contributed by atoms with van der Waals surface area (Å²) in [5, 5.41) is 19.5. The van der Waals surface area contributed by atoms with Crippen molar-refractivity contribution in [2.75, 3.05) is 10.6 Å². The van der Waals surface area contributed by atoms with Gasteiger partial charge in [-0.05, 0) is 37.0 Å². The first kappa shape index (κ1) is 19.7. The number of carbonyl (C=O) groups excluding carboxylic acids is 1. The molecule has 2 atom stereocenters. The van der Waals surface area contributed by atoms with Crippen LogP contribution in [0.2, 0.25) is 0 Å². The number of carbonyl (C=O) groups is 1. The second-order valence-corrected chi connectivity index (χ2v) is 8.60. The minimum atomic E-state index is -4.55. The lowest BCUT2D eigenvalue weighted by Gasteiger charge is -2.32. The average molecular weight is 447 g/mol. The van der Waals surface area contributed by atoms with Crippen LogP contribution in [-0.2, 0) is 12.8 Å². The van der Waals surface area contributed by atoms with E-state index in [-0.39, 0.29) is 17.9 Å². The fourth-order valence-corrected chi connectivity index (χ4v) is 5.37. The Kier molecular flexibility index (Phi) is 4.55. The third-order valence-corrected chi connectivity index (χ3v) is 6.78. The van der Waals surface area contributed by atoms with Gasteiger partial charge in [0.05, 0.1) is 17.9 Å². The highest BCUT2D eigenvalue weighted by Gasteiger charge is 2.47. The molecular formula is C20H16F3N5O2S. The average Bonchev–Trinajstić information content (AvgIpc) is 3.48. The maximum atomic E-state index is 13.7. The van der Waals surface area contributed by atoms with Crippen LogP contribution in [0.15, 0.2) is 28.9 Å². The quantitative estimate of drug-likeness (QED) is 0.601. The van der Waals surface area contributed by atoms with Gasteiger partial charge < -0.3 is 15.1 Å². The Balaban J connectivity index is 1.45. The molecule has 1 aliphatic carbocycles. The van der Waals surface area contributed by atoms with Crippen LogP contribution in [0.5, 0.6) is 0 Å². The van der Waals surface area contributed by atoms with Gasteiger partial charge in [0, 0.05) is 17.4 Å². The van der Waals surface area contributed by atoms with E-state index in [4.69, 9.17) is 4.42 Å². The molecule has 0 saturated heterocycles. The second-order valence-electron chi connectivity index (χ2n) is 7.49. The molecule has 0 spiro atoms. The molecule has 2 N–H and O–H groups in total. The minimum Gasteiger partial charge on any atom is -0.467 e. The number of nitrogens with zero attached hydrogens (tertiary/aromatic N) is 3. The number of nitrogens with one attached hydrogen (secondary N) is 2. The zero-order valence-electron chi connectivity index (χ0n) is 16.0. The van der Waals surface area contributed by atoms with E-state index in [2.05, 4.69) is 21.8 Å². The molecule has 5 rings (SSSR count). The fourth-order valence-electron chi connectivity index (χ4n) is 4.14. The summed E-state index contributed by atoms with van der Waals surface area (Å²) in [7, 11) is 0. The standard InChI is InChI=1S/C20H16F3N5O2S/c21-20(22,23)16-7-12(14-4-2-6-30-14)25-17-8-13(27-28(16)17)18(29)26-19-11(9-24)10-3-1-5-15(10)31-19/h2,4,6,8,12,16,25H,1,3,5,7H2,(H,26,29). The predicted molar refractivity (Wildman–Crippen MR) is 106 cm³/mol. The van der Waals surface area contributed by atoms with Crippen LogP contribution in [0, 0.1) is 11.3 Å². The Hall–Kier alpha value is -3.26. The third-order valence-electron chi connectivity index (χ3n) is 5.57. The number of hydrogen-bond acceptors (Lipinski definition) is 6. The van der Waals surface area contributed by atoms with E-state index in [0.717, 1.165) is 34.4 Å². The number of nitriles is 1. The molecule has 3 aromatic heterocycles. The van der Waals surface area contributed by atoms with Crippen LogP contribution in [0.4, 0.5) is 24.0 Å². The molecule has 160 valence electrons. The van der Waals surface area contributed by atoms with Crippen LogP contribution in [0.25, 0.3) is 0 Å². The van der Waals surface area contributed by atoms with Gasteiger partial charge in [-0.1, -0.05) is 0 Å². The molecule has 11 heteroatoms. The van der Waals surface area contributed by atoms with Gasteiger partial charge in [0.2, 0.25) is 0 Å². The van der Waals surface area contributed by atoms with Gasteiger partial charge in [-0.2, -0.15) is 23.5 Å². The molecule has 0 saturated carbocycles. The summed E-state index contributed by atoms with van der Waals surface area (Å²) in [6, 6.07) is 4.02. The summed E-state index contributed by atoms with van der Waals surface area (Å²) in [5.41, 5.74) is 1.22. The summed E-state index contributed by atoms with van der Waals surface area (Å²) >= 11 is 1.34. The number of aryl methyl sites for hydroxylation is 1. The minimum absolute atomic E-state index is 0.0781. The number of rotatable bonds is 3. The third kappa shape index (κ3) is 3.37. The second kappa shape index (κ2) is 7.16. The van der Waals surface area contributed by atoms with Gasteiger partial charge in [0.25, 0.3) is 5.91 Å².